The Morgan fingerprint density at radius 2 is 2.12 bits per heavy atom. The van der Waals surface area contributed by atoms with Gasteiger partial charge in [0.15, 0.2) is 0 Å². The maximum atomic E-state index is 11.6. The number of rotatable bonds is 5. The highest BCUT2D eigenvalue weighted by Gasteiger charge is 2.02. The third-order valence-corrected chi connectivity index (χ3v) is 2.35. The van der Waals surface area contributed by atoms with Gasteiger partial charge in [0.25, 0.3) is 0 Å². The summed E-state index contributed by atoms with van der Waals surface area (Å²) in [5.41, 5.74) is 0.968. The molecule has 0 radical (unpaired) electrons. The zero-order valence-electron chi connectivity index (χ0n) is 9.39. The van der Waals surface area contributed by atoms with Crippen LogP contribution in [0, 0.1) is 0 Å². The number of carbonyl (C=O) groups is 1. The largest absolute Gasteiger partial charge is 0.355 e. The van der Waals surface area contributed by atoms with Crippen molar-refractivity contribution in [3.05, 3.63) is 48.3 Å². The number of aromatic nitrogens is 3. The van der Waals surface area contributed by atoms with Gasteiger partial charge in [0.1, 0.15) is 5.82 Å². The van der Waals surface area contributed by atoms with Crippen LogP contribution in [-0.4, -0.2) is 27.4 Å². The van der Waals surface area contributed by atoms with Crippen LogP contribution in [0.1, 0.15) is 11.4 Å². The number of carbonyl (C=O) groups excluding carboxylic acids is 1. The molecule has 2 N–H and O–H groups in total. The van der Waals surface area contributed by atoms with Gasteiger partial charge in [-0.2, -0.15) is 0 Å². The zero-order valence-corrected chi connectivity index (χ0v) is 9.39. The minimum atomic E-state index is 0.0164. The molecule has 5 nitrogen and oxygen atoms in total. The van der Waals surface area contributed by atoms with Crippen LogP contribution in [0.15, 0.2) is 36.9 Å². The van der Waals surface area contributed by atoms with Crippen molar-refractivity contribution in [1.82, 2.24) is 20.3 Å². The second-order valence-corrected chi connectivity index (χ2v) is 3.67. The van der Waals surface area contributed by atoms with E-state index in [0.717, 1.165) is 17.8 Å². The molecule has 0 aliphatic carbocycles. The van der Waals surface area contributed by atoms with Crippen molar-refractivity contribution < 1.29 is 4.79 Å². The molecule has 2 rings (SSSR count). The number of pyridine rings is 1. The van der Waals surface area contributed by atoms with Gasteiger partial charge in [0.05, 0.1) is 6.42 Å². The zero-order chi connectivity index (χ0) is 11.9. The summed E-state index contributed by atoms with van der Waals surface area (Å²) < 4.78 is 0. The van der Waals surface area contributed by atoms with Gasteiger partial charge in [-0.05, 0) is 17.7 Å². The van der Waals surface area contributed by atoms with Crippen molar-refractivity contribution in [3.63, 3.8) is 0 Å². The first-order valence-corrected chi connectivity index (χ1v) is 5.48. The fourth-order valence-electron chi connectivity index (χ4n) is 1.50. The second kappa shape index (κ2) is 5.79. The number of nitrogens with one attached hydrogen (secondary N) is 2. The minimum Gasteiger partial charge on any atom is -0.355 e. The fraction of sp³-hybridized carbons (Fsp3) is 0.250. The van der Waals surface area contributed by atoms with Crippen LogP contribution in [0.5, 0.6) is 0 Å². The van der Waals surface area contributed by atoms with E-state index in [-0.39, 0.29) is 5.91 Å². The first kappa shape index (κ1) is 11.3. The highest BCUT2D eigenvalue weighted by molar-refractivity contribution is 5.78. The number of nitrogens with zero attached hydrogens (tertiary/aromatic N) is 2. The van der Waals surface area contributed by atoms with Gasteiger partial charge in [-0.25, -0.2) is 4.98 Å². The standard InChI is InChI=1S/C12H14N4O/c17-12(9-10-1-4-13-5-2-10)16-6-3-11-14-7-8-15-11/h1-2,4-5,7-8H,3,6,9H2,(H,14,15)(H,16,17). The number of amides is 1. The summed E-state index contributed by atoms with van der Waals surface area (Å²) >= 11 is 0. The van der Waals surface area contributed by atoms with Gasteiger partial charge in [-0.1, -0.05) is 0 Å². The predicted octanol–water partition coefficient (Wildman–Crippen LogP) is 0.706. The Labute approximate surface area is 99.3 Å². The highest BCUT2D eigenvalue weighted by atomic mass is 16.1. The molecule has 1 amide bonds. The molecule has 0 unspecified atom stereocenters. The summed E-state index contributed by atoms with van der Waals surface area (Å²) in [5.74, 6) is 0.900. The molecule has 0 fully saturated rings. The predicted molar refractivity (Wildman–Crippen MR) is 63.2 cm³/mol. The summed E-state index contributed by atoms with van der Waals surface area (Å²) in [5, 5.41) is 2.85. The van der Waals surface area contributed by atoms with Crippen molar-refractivity contribution in [2.75, 3.05) is 6.54 Å². The molecule has 5 heteroatoms. The summed E-state index contributed by atoms with van der Waals surface area (Å²) in [7, 11) is 0. The van der Waals surface area contributed by atoms with E-state index in [4.69, 9.17) is 0 Å². The topological polar surface area (TPSA) is 70.7 Å². The quantitative estimate of drug-likeness (QED) is 0.794. The van der Waals surface area contributed by atoms with Crippen LogP contribution in [-0.2, 0) is 17.6 Å². The molecule has 88 valence electrons. The summed E-state index contributed by atoms with van der Waals surface area (Å²) in [4.78, 5) is 22.6. The van der Waals surface area contributed by atoms with Crippen LogP contribution in [0.3, 0.4) is 0 Å². The fourth-order valence-corrected chi connectivity index (χ4v) is 1.50. The highest BCUT2D eigenvalue weighted by Crippen LogP contribution is 1.97. The molecule has 0 saturated carbocycles. The van der Waals surface area contributed by atoms with Crippen LogP contribution >= 0.6 is 0 Å². The Balaban J connectivity index is 1.71. The van der Waals surface area contributed by atoms with Gasteiger partial charge in [-0.3, -0.25) is 9.78 Å². The van der Waals surface area contributed by atoms with E-state index in [1.165, 1.54) is 0 Å². The van der Waals surface area contributed by atoms with E-state index in [1.54, 1.807) is 24.8 Å². The Kier molecular flexibility index (Phi) is 3.85. The lowest BCUT2D eigenvalue weighted by Gasteiger charge is -2.03. The lowest BCUT2D eigenvalue weighted by atomic mass is 10.2. The third kappa shape index (κ3) is 3.71. The van der Waals surface area contributed by atoms with Crippen molar-refractivity contribution >= 4 is 5.91 Å². The van der Waals surface area contributed by atoms with E-state index in [9.17, 15) is 4.79 Å². The van der Waals surface area contributed by atoms with Crippen molar-refractivity contribution in [3.8, 4) is 0 Å². The summed E-state index contributed by atoms with van der Waals surface area (Å²) in [6.45, 7) is 0.595. The average Bonchev–Trinajstić information content (AvgIpc) is 2.83. The average molecular weight is 230 g/mol. The Hall–Kier alpha value is -2.17. The Morgan fingerprint density at radius 1 is 1.29 bits per heavy atom. The molecule has 2 aromatic rings. The van der Waals surface area contributed by atoms with Gasteiger partial charge >= 0.3 is 0 Å². The molecule has 0 saturated heterocycles. The van der Waals surface area contributed by atoms with Gasteiger partial charge < -0.3 is 10.3 Å². The Bertz CT molecular complexity index is 453. The van der Waals surface area contributed by atoms with E-state index >= 15 is 0 Å². The molecule has 0 aliphatic rings. The molecule has 17 heavy (non-hydrogen) atoms. The smallest absolute Gasteiger partial charge is 0.224 e. The van der Waals surface area contributed by atoms with Crippen LogP contribution in [0.25, 0.3) is 0 Å². The monoisotopic (exact) mass is 230 g/mol. The first-order valence-electron chi connectivity index (χ1n) is 5.48. The summed E-state index contributed by atoms with van der Waals surface area (Å²) in [6, 6.07) is 3.68. The molecule has 0 spiro atoms. The lowest BCUT2D eigenvalue weighted by molar-refractivity contribution is -0.120. The summed E-state index contributed by atoms with van der Waals surface area (Å²) in [6.07, 6.45) is 7.95. The maximum absolute atomic E-state index is 11.6. The maximum Gasteiger partial charge on any atom is 0.224 e. The first-order chi connectivity index (χ1) is 8.34. The third-order valence-electron chi connectivity index (χ3n) is 2.35. The van der Waals surface area contributed by atoms with Crippen LogP contribution in [0.2, 0.25) is 0 Å². The second-order valence-electron chi connectivity index (χ2n) is 3.67. The number of imidazole rings is 1. The number of hydrogen-bond acceptors (Lipinski definition) is 3. The number of H-pyrrole nitrogens is 1. The molecule has 0 aliphatic heterocycles. The van der Waals surface area contributed by atoms with Crippen LogP contribution < -0.4 is 5.32 Å². The van der Waals surface area contributed by atoms with Crippen LogP contribution in [0.4, 0.5) is 0 Å². The minimum absolute atomic E-state index is 0.0164. The molecular weight excluding hydrogens is 216 g/mol. The lowest BCUT2D eigenvalue weighted by Crippen LogP contribution is -2.27. The van der Waals surface area contributed by atoms with Gasteiger partial charge in [0, 0.05) is 37.8 Å². The van der Waals surface area contributed by atoms with E-state index < -0.39 is 0 Å². The number of hydrogen-bond donors (Lipinski definition) is 2. The molecule has 0 aromatic carbocycles. The SMILES string of the molecule is O=C(Cc1ccncc1)NCCc1ncc[nH]1. The molecule has 0 bridgehead atoms. The van der Waals surface area contributed by atoms with E-state index in [1.807, 2.05) is 12.1 Å². The van der Waals surface area contributed by atoms with Crippen molar-refractivity contribution in [2.45, 2.75) is 12.8 Å². The van der Waals surface area contributed by atoms with Crippen molar-refractivity contribution in [2.24, 2.45) is 0 Å². The molecule has 2 aromatic heterocycles. The van der Waals surface area contributed by atoms with E-state index in [0.29, 0.717) is 13.0 Å². The Morgan fingerprint density at radius 3 is 2.82 bits per heavy atom. The molecular formula is C12H14N4O. The van der Waals surface area contributed by atoms with E-state index in [2.05, 4.69) is 20.3 Å². The van der Waals surface area contributed by atoms with Gasteiger partial charge in [0.2, 0.25) is 5.91 Å². The molecule has 0 atom stereocenters. The van der Waals surface area contributed by atoms with Gasteiger partial charge in [-0.15, -0.1) is 0 Å². The normalized spacial score (nSPS) is 10.1. The van der Waals surface area contributed by atoms with Crippen molar-refractivity contribution in [1.29, 1.82) is 0 Å². The molecule has 2 heterocycles. The number of aromatic amines is 1.